The Balaban J connectivity index is 1.62. The summed E-state index contributed by atoms with van der Waals surface area (Å²) >= 11 is 1.50. The molecule has 1 atom stereocenters. The van der Waals surface area contributed by atoms with Crippen molar-refractivity contribution in [2.45, 2.75) is 37.2 Å². The van der Waals surface area contributed by atoms with Gasteiger partial charge in [0.1, 0.15) is 4.83 Å². The number of nitrogens with zero attached hydrogens (tertiary/aromatic N) is 3. The Morgan fingerprint density at radius 3 is 2.96 bits per heavy atom. The van der Waals surface area contributed by atoms with Crippen LogP contribution in [0.4, 0.5) is 0 Å². The molecule has 1 amide bonds. The van der Waals surface area contributed by atoms with Crippen LogP contribution in [0.15, 0.2) is 18.3 Å². The number of aliphatic hydroxyl groups is 1. The van der Waals surface area contributed by atoms with Gasteiger partial charge in [-0.1, -0.05) is 6.07 Å². The molecule has 2 aromatic rings. The molecule has 6 nitrogen and oxygen atoms in total. The normalized spacial score (nSPS) is 23.0. The average Bonchev–Trinajstić information content (AvgIpc) is 3.07. The van der Waals surface area contributed by atoms with Gasteiger partial charge in [0, 0.05) is 64.8 Å². The van der Waals surface area contributed by atoms with E-state index >= 15 is 0 Å². The first-order valence-electron chi connectivity index (χ1n) is 10.1. The number of piperidine rings is 1. The molecule has 28 heavy (non-hydrogen) atoms. The van der Waals surface area contributed by atoms with Crippen molar-refractivity contribution in [2.24, 2.45) is 0 Å². The minimum atomic E-state index is -0.652. The number of fused-ring (bicyclic) bond motifs is 1. The first-order valence-corrected chi connectivity index (χ1v) is 10.9. The number of ether oxygens (including phenoxy) is 1. The standard InChI is InChI=1S/C21H29N3O3S/c1-23(2)20(25)18-17(16-6-3-9-22-19(16)28-18)15-5-4-10-24(13-15)14-21(26)7-11-27-12-8-21/h3,6,9,15,26H,4-5,7-8,10-14H2,1-2H3/t15-/m1/s1. The van der Waals surface area contributed by atoms with E-state index in [-0.39, 0.29) is 11.8 Å². The number of amides is 1. The van der Waals surface area contributed by atoms with Crippen LogP contribution in [0, 0.1) is 0 Å². The van der Waals surface area contributed by atoms with Crippen LogP contribution in [0.1, 0.15) is 46.8 Å². The fourth-order valence-corrected chi connectivity index (χ4v) is 5.73. The maximum absolute atomic E-state index is 12.9. The van der Waals surface area contributed by atoms with Gasteiger partial charge in [-0.15, -0.1) is 11.3 Å². The second kappa shape index (κ2) is 8.06. The summed E-state index contributed by atoms with van der Waals surface area (Å²) in [6.45, 7) is 3.82. The molecule has 0 bridgehead atoms. The van der Waals surface area contributed by atoms with Crippen molar-refractivity contribution in [1.82, 2.24) is 14.8 Å². The van der Waals surface area contributed by atoms with Crippen LogP contribution in [0.3, 0.4) is 0 Å². The van der Waals surface area contributed by atoms with Gasteiger partial charge in [-0.2, -0.15) is 0 Å². The number of thiophene rings is 1. The van der Waals surface area contributed by atoms with Gasteiger partial charge in [0.15, 0.2) is 0 Å². The lowest BCUT2D eigenvalue weighted by Crippen LogP contribution is -2.49. The fourth-order valence-electron chi connectivity index (χ4n) is 4.48. The smallest absolute Gasteiger partial charge is 0.263 e. The van der Waals surface area contributed by atoms with Crippen molar-refractivity contribution in [3.63, 3.8) is 0 Å². The lowest BCUT2D eigenvalue weighted by atomic mass is 9.87. The topological polar surface area (TPSA) is 65.9 Å². The fraction of sp³-hybridized carbons (Fsp3) is 0.619. The van der Waals surface area contributed by atoms with E-state index < -0.39 is 5.60 Å². The van der Waals surface area contributed by atoms with Crippen molar-refractivity contribution in [1.29, 1.82) is 0 Å². The Morgan fingerprint density at radius 1 is 1.43 bits per heavy atom. The van der Waals surface area contributed by atoms with E-state index in [0.29, 0.717) is 32.6 Å². The summed E-state index contributed by atoms with van der Waals surface area (Å²) in [5.41, 5.74) is 0.496. The maximum atomic E-state index is 12.9. The molecule has 0 aliphatic carbocycles. The molecule has 0 aromatic carbocycles. The number of carbonyl (C=O) groups excluding carboxylic acids is 1. The number of β-amino-alcohol motifs (C(OH)–C–C–N with tert-alkyl or cyclic N) is 1. The number of carbonyl (C=O) groups is 1. The lowest BCUT2D eigenvalue weighted by molar-refractivity contribution is -0.0824. The number of pyridine rings is 1. The molecule has 7 heteroatoms. The molecule has 0 spiro atoms. The molecule has 0 saturated carbocycles. The number of aromatic nitrogens is 1. The van der Waals surface area contributed by atoms with Crippen molar-refractivity contribution in [3.8, 4) is 0 Å². The van der Waals surface area contributed by atoms with Gasteiger partial charge in [0.25, 0.3) is 5.91 Å². The van der Waals surface area contributed by atoms with Gasteiger partial charge >= 0.3 is 0 Å². The molecule has 2 aromatic heterocycles. The summed E-state index contributed by atoms with van der Waals surface area (Å²) in [4.78, 5) is 23.2. The summed E-state index contributed by atoms with van der Waals surface area (Å²) < 4.78 is 5.42. The summed E-state index contributed by atoms with van der Waals surface area (Å²) in [7, 11) is 3.61. The quantitative estimate of drug-likeness (QED) is 0.850. The van der Waals surface area contributed by atoms with Crippen LogP contribution in [-0.2, 0) is 4.74 Å². The minimum Gasteiger partial charge on any atom is -0.388 e. The second-order valence-electron chi connectivity index (χ2n) is 8.31. The number of hydrogen-bond acceptors (Lipinski definition) is 6. The molecular weight excluding hydrogens is 374 g/mol. The highest BCUT2D eigenvalue weighted by atomic mass is 32.1. The van der Waals surface area contributed by atoms with Gasteiger partial charge in [-0.05, 0) is 36.9 Å². The predicted molar refractivity (Wildman–Crippen MR) is 111 cm³/mol. The van der Waals surface area contributed by atoms with Crippen LogP contribution in [0.2, 0.25) is 0 Å². The van der Waals surface area contributed by atoms with E-state index in [4.69, 9.17) is 4.74 Å². The molecule has 152 valence electrons. The molecular formula is C21H29N3O3S. The molecule has 0 unspecified atom stereocenters. The first-order chi connectivity index (χ1) is 13.5. The van der Waals surface area contributed by atoms with E-state index in [1.54, 1.807) is 25.2 Å². The molecule has 4 rings (SSSR count). The molecule has 2 fully saturated rings. The van der Waals surface area contributed by atoms with Gasteiger partial charge in [-0.25, -0.2) is 4.98 Å². The monoisotopic (exact) mass is 403 g/mol. The molecule has 2 aliphatic rings. The van der Waals surface area contributed by atoms with E-state index in [1.807, 2.05) is 6.07 Å². The molecule has 2 aliphatic heterocycles. The first kappa shape index (κ1) is 19.8. The van der Waals surface area contributed by atoms with E-state index in [2.05, 4.69) is 16.0 Å². The maximum Gasteiger partial charge on any atom is 0.263 e. The summed E-state index contributed by atoms with van der Waals surface area (Å²) in [5.74, 6) is 0.340. The largest absolute Gasteiger partial charge is 0.388 e. The van der Waals surface area contributed by atoms with Crippen molar-refractivity contribution < 1.29 is 14.6 Å². The lowest BCUT2D eigenvalue weighted by Gasteiger charge is -2.40. The third-order valence-electron chi connectivity index (χ3n) is 5.96. The Labute approximate surface area is 170 Å². The zero-order chi connectivity index (χ0) is 19.7. The van der Waals surface area contributed by atoms with Crippen LogP contribution in [0.5, 0.6) is 0 Å². The Hall–Kier alpha value is -1.54. The zero-order valence-corrected chi connectivity index (χ0v) is 17.5. The van der Waals surface area contributed by atoms with Crippen molar-refractivity contribution >= 4 is 27.5 Å². The van der Waals surface area contributed by atoms with Crippen LogP contribution < -0.4 is 0 Å². The highest BCUT2D eigenvalue weighted by Gasteiger charge is 2.35. The summed E-state index contributed by atoms with van der Waals surface area (Å²) in [5, 5.41) is 12.0. The molecule has 2 saturated heterocycles. The van der Waals surface area contributed by atoms with E-state index in [9.17, 15) is 9.90 Å². The van der Waals surface area contributed by atoms with Crippen LogP contribution in [0.25, 0.3) is 10.2 Å². The SMILES string of the molecule is CN(C)C(=O)c1sc2ncccc2c1[C@@H]1CCCN(CC2(O)CCOCC2)C1. The van der Waals surface area contributed by atoms with Gasteiger partial charge in [-0.3, -0.25) is 9.69 Å². The highest BCUT2D eigenvalue weighted by molar-refractivity contribution is 7.20. The zero-order valence-electron chi connectivity index (χ0n) is 16.7. The van der Waals surface area contributed by atoms with E-state index in [0.717, 1.165) is 46.6 Å². The molecule has 1 N–H and O–H groups in total. The Bertz CT molecular complexity index is 845. The number of likely N-dealkylation sites (tertiary alicyclic amines) is 1. The second-order valence-corrected chi connectivity index (χ2v) is 9.31. The minimum absolute atomic E-state index is 0.0539. The Kier molecular flexibility index (Phi) is 5.69. The number of hydrogen-bond donors (Lipinski definition) is 1. The summed E-state index contributed by atoms with van der Waals surface area (Å²) in [6.07, 6.45) is 5.32. The Morgan fingerprint density at radius 2 is 2.21 bits per heavy atom. The molecule has 4 heterocycles. The average molecular weight is 404 g/mol. The van der Waals surface area contributed by atoms with E-state index in [1.165, 1.54) is 11.3 Å². The molecule has 0 radical (unpaired) electrons. The number of rotatable bonds is 4. The summed E-state index contributed by atoms with van der Waals surface area (Å²) in [6, 6.07) is 4.04. The van der Waals surface area contributed by atoms with Gasteiger partial charge in [0.2, 0.25) is 0 Å². The predicted octanol–water partition coefficient (Wildman–Crippen LogP) is 2.72. The van der Waals surface area contributed by atoms with Crippen molar-refractivity contribution in [2.75, 3.05) is 46.9 Å². The van der Waals surface area contributed by atoms with Crippen LogP contribution >= 0.6 is 11.3 Å². The van der Waals surface area contributed by atoms with Crippen molar-refractivity contribution in [3.05, 3.63) is 28.8 Å². The third kappa shape index (κ3) is 3.94. The highest BCUT2D eigenvalue weighted by Crippen LogP contribution is 2.40. The third-order valence-corrected chi connectivity index (χ3v) is 7.08. The van der Waals surface area contributed by atoms with Crippen LogP contribution in [-0.4, -0.2) is 78.3 Å². The van der Waals surface area contributed by atoms with Gasteiger partial charge in [0.05, 0.1) is 10.5 Å². The van der Waals surface area contributed by atoms with Gasteiger partial charge < -0.3 is 14.7 Å².